The van der Waals surface area contributed by atoms with Gasteiger partial charge in [-0.25, -0.2) is 8.42 Å². The van der Waals surface area contributed by atoms with Crippen molar-refractivity contribution in [3.8, 4) is 0 Å². The highest BCUT2D eigenvalue weighted by atomic mass is 35.5. The van der Waals surface area contributed by atoms with Crippen LogP contribution in [0.3, 0.4) is 0 Å². The minimum atomic E-state index is -3.38. The summed E-state index contributed by atoms with van der Waals surface area (Å²) in [6, 6.07) is 4.82. The molecule has 1 aromatic carbocycles. The van der Waals surface area contributed by atoms with Gasteiger partial charge in [-0.05, 0) is 30.5 Å². The molecule has 120 valence electrons. The predicted octanol–water partition coefficient (Wildman–Crippen LogP) is 3.06. The van der Waals surface area contributed by atoms with E-state index in [0.717, 1.165) is 19.3 Å². The molecule has 2 N–H and O–H groups in total. The molecular weight excluding hydrogens is 355 g/mol. The molecule has 2 rings (SSSR count). The fourth-order valence-electron chi connectivity index (χ4n) is 2.50. The van der Waals surface area contributed by atoms with Crippen molar-refractivity contribution in [2.75, 3.05) is 13.1 Å². The Morgan fingerprint density at radius 3 is 2.57 bits per heavy atom. The Balaban J connectivity index is 0.00000220. The predicted molar refractivity (Wildman–Crippen MR) is 89.7 cm³/mol. The summed E-state index contributed by atoms with van der Waals surface area (Å²) in [6.07, 6.45) is 2.74. The van der Waals surface area contributed by atoms with Gasteiger partial charge in [-0.1, -0.05) is 35.7 Å². The van der Waals surface area contributed by atoms with E-state index < -0.39 is 10.0 Å². The summed E-state index contributed by atoms with van der Waals surface area (Å²) in [5.74, 6) is -0.0691. The van der Waals surface area contributed by atoms with E-state index in [1.165, 1.54) is 0 Å². The van der Waals surface area contributed by atoms with E-state index in [-0.39, 0.29) is 24.2 Å². The molecule has 1 unspecified atom stereocenters. The zero-order valence-corrected chi connectivity index (χ0v) is 14.6. The maximum absolute atomic E-state index is 12.5. The molecule has 21 heavy (non-hydrogen) atoms. The Kier molecular flexibility index (Phi) is 7.24. The van der Waals surface area contributed by atoms with E-state index in [1.807, 2.05) is 0 Å². The van der Waals surface area contributed by atoms with Gasteiger partial charge in [0.2, 0.25) is 10.0 Å². The van der Waals surface area contributed by atoms with Crippen molar-refractivity contribution in [3.05, 3.63) is 33.8 Å². The third kappa shape index (κ3) is 4.71. The first-order chi connectivity index (χ1) is 9.44. The minimum Gasteiger partial charge on any atom is -0.329 e. The molecule has 1 atom stereocenters. The number of piperidine rings is 1. The van der Waals surface area contributed by atoms with Crippen LogP contribution in [-0.4, -0.2) is 31.9 Å². The van der Waals surface area contributed by atoms with Crippen LogP contribution in [0, 0.1) is 0 Å². The third-order valence-electron chi connectivity index (χ3n) is 3.54. The second-order valence-electron chi connectivity index (χ2n) is 5.00. The first-order valence-electron chi connectivity index (χ1n) is 6.57. The van der Waals surface area contributed by atoms with E-state index >= 15 is 0 Å². The number of rotatable bonds is 4. The molecule has 0 amide bonds. The fraction of sp³-hybridized carbons (Fsp3) is 0.538. The van der Waals surface area contributed by atoms with Crippen molar-refractivity contribution < 1.29 is 8.42 Å². The first kappa shape index (κ1) is 19.0. The van der Waals surface area contributed by atoms with Crippen LogP contribution in [0.5, 0.6) is 0 Å². The Morgan fingerprint density at radius 2 is 1.95 bits per heavy atom. The monoisotopic (exact) mass is 372 g/mol. The minimum absolute atomic E-state index is 0. The van der Waals surface area contributed by atoms with Crippen LogP contribution in [0.2, 0.25) is 10.0 Å². The Morgan fingerprint density at radius 1 is 1.24 bits per heavy atom. The van der Waals surface area contributed by atoms with Gasteiger partial charge >= 0.3 is 0 Å². The third-order valence-corrected chi connectivity index (χ3v) is 6.17. The summed E-state index contributed by atoms with van der Waals surface area (Å²) in [4.78, 5) is 0. The molecule has 1 aliphatic heterocycles. The Labute approximate surface area is 142 Å². The average molecular weight is 374 g/mol. The van der Waals surface area contributed by atoms with E-state index in [9.17, 15) is 8.42 Å². The van der Waals surface area contributed by atoms with Gasteiger partial charge in [0.25, 0.3) is 0 Å². The highest BCUT2D eigenvalue weighted by Gasteiger charge is 2.31. The lowest BCUT2D eigenvalue weighted by Gasteiger charge is -2.33. The second-order valence-corrected chi connectivity index (χ2v) is 7.74. The van der Waals surface area contributed by atoms with Crippen molar-refractivity contribution >= 4 is 45.6 Å². The van der Waals surface area contributed by atoms with E-state index in [4.69, 9.17) is 28.9 Å². The smallest absolute Gasteiger partial charge is 0.218 e. The zero-order chi connectivity index (χ0) is 14.8. The molecule has 1 aromatic rings. The molecule has 0 aromatic heterocycles. The number of hydrogen-bond donors (Lipinski definition) is 1. The molecule has 8 heteroatoms. The van der Waals surface area contributed by atoms with Gasteiger partial charge in [0.1, 0.15) is 0 Å². The lowest BCUT2D eigenvalue weighted by atomic mass is 10.1. The average Bonchev–Trinajstić information content (AvgIpc) is 2.42. The summed E-state index contributed by atoms with van der Waals surface area (Å²) < 4.78 is 26.6. The number of hydrogen-bond acceptors (Lipinski definition) is 3. The van der Waals surface area contributed by atoms with Crippen LogP contribution in [0.25, 0.3) is 0 Å². The summed E-state index contributed by atoms with van der Waals surface area (Å²) in [6.45, 7) is 0.909. The molecule has 1 fully saturated rings. The number of nitrogens with two attached hydrogens (primary N) is 1. The topological polar surface area (TPSA) is 63.4 Å². The lowest BCUT2D eigenvalue weighted by Crippen LogP contribution is -2.47. The van der Waals surface area contributed by atoms with Crippen LogP contribution in [0.15, 0.2) is 18.2 Å². The molecule has 0 radical (unpaired) electrons. The van der Waals surface area contributed by atoms with E-state index in [1.54, 1.807) is 22.5 Å². The second kappa shape index (κ2) is 7.99. The molecule has 1 saturated heterocycles. The molecular formula is C13H19Cl3N2O2S. The zero-order valence-electron chi connectivity index (χ0n) is 11.5. The number of halogens is 3. The van der Waals surface area contributed by atoms with Gasteiger partial charge in [-0.15, -0.1) is 12.4 Å². The number of benzene rings is 1. The lowest BCUT2D eigenvalue weighted by molar-refractivity contribution is 0.257. The van der Waals surface area contributed by atoms with Gasteiger partial charge in [0.15, 0.2) is 0 Å². The van der Waals surface area contributed by atoms with Crippen molar-refractivity contribution in [1.29, 1.82) is 0 Å². The number of sulfonamides is 1. The van der Waals surface area contributed by atoms with Crippen molar-refractivity contribution in [3.63, 3.8) is 0 Å². The fourth-order valence-corrected chi connectivity index (χ4v) is 4.64. The summed E-state index contributed by atoms with van der Waals surface area (Å²) >= 11 is 11.8. The molecule has 0 saturated carbocycles. The summed E-state index contributed by atoms with van der Waals surface area (Å²) in [7, 11) is -3.38. The largest absolute Gasteiger partial charge is 0.329 e. The summed E-state index contributed by atoms with van der Waals surface area (Å²) in [5, 5.41) is 0.791. The Hall–Kier alpha value is -0.0400. The molecule has 1 aliphatic rings. The maximum atomic E-state index is 12.5. The van der Waals surface area contributed by atoms with E-state index in [2.05, 4.69) is 0 Å². The quantitative estimate of drug-likeness (QED) is 0.882. The van der Waals surface area contributed by atoms with Crippen molar-refractivity contribution in [2.24, 2.45) is 5.73 Å². The Bertz CT molecular complexity index is 581. The molecule has 4 nitrogen and oxygen atoms in total. The van der Waals surface area contributed by atoms with Crippen molar-refractivity contribution in [1.82, 2.24) is 4.31 Å². The highest BCUT2D eigenvalue weighted by molar-refractivity contribution is 7.88. The van der Waals surface area contributed by atoms with Gasteiger partial charge in [-0.3, -0.25) is 0 Å². The maximum Gasteiger partial charge on any atom is 0.218 e. The summed E-state index contributed by atoms with van der Waals surface area (Å²) in [5.41, 5.74) is 6.32. The van der Waals surface area contributed by atoms with Crippen LogP contribution in [0.1, 0.15) is 24.8 Å². The molecule has 0 aliphatic carbocycles. The van der Waals surface area contributed by atoms with Gasteiger partial charge in [0.05, 0.1) is 15.8 Å². The van der Waals surface area contributed by atoms with Gasteiger partial charge in [-0.2, -0.15) is 4.31 Å². The first-order valence-corrected chi connectivity index (χ1v) is 8.94. The molecule has 0 spiro atoms. The van der Waals surface area contributed by atoms with E-state index in [0.29, 0.717) is 28.7 Å². The van der Waals surface area contributed by atoms with Gasteiger partial charge in [0, 0.05) is 19.1 Å². The highest BCUT2D eigenvalue weighted by Crippen LogP contribution is 2.26. The van der Waals surface area contributed by atoms with Crippen LogP contribution >= 0.6 is 35.6 Å². The van der Waals surface area contributed by atoms with Crippen LogP contribution in [-0.2, 0) is 15.8 Å². The van der Waals surface area contributed by atoms with Crippen molar-refractivity contribution in [2.45, 2.75) is 31.1 Å². The standard InChI is InChI=1S/C13H18Cl2N2O2S.ClH/c14-12-5-4-10(7-13(12)15)9-20(18,19)17-6-2-1-3-11(17)8-16;/h4-5,7,11H,1-3,6,8-9,16H2;1H. The number of nitrogens with zero attached hydrogens (tertiary/aromatic N) is 1. The SMILES string of the molecule is Cl.NCC1CCCCN1S(=O)(=O)Cc1ccc(Cl)c(Cl)c1. The molecule has 1 heterocycles. The molecule has 0 bridgehead atoms. The normalized spacial score (nSPS) is 20.0. The van der Waals surface area contributed by atoms with Crippen LogP contribution in [0.4, 0.5) is 0 Å². The van der Waals surface area contributed by atoms with Gasteiger partial charge < -0.3 is 5.73 Å². The van der Waals surface area contributed by atoms with Crippen LogP contribution < -0.4 is 5.73 Å².